The second-order valence-electron chi connectivity index (χ2n) is 13.7. The molecule has 10 nitrogen and oxygen atoms in total. The Morgan fingerprint density at radius 1 is 0.673 bits per heavy atom. The van der Waals surface area contributed by atoms with Crippen LogP contribution in [-0.2, 0) is 23.9 Å². The summed E-state index contributed by atoms with van der Waals surface area (Å²) in [6, 6.07) is 41.6. The number of carboxylic acids is 1. The van der Waals surface area contributed by atoms with Gasteiger partial charge in [0.25, 0.3) is 0 Å². The second kappa shape index (κ2) is 18.2. The van der Waals surface area contributed by atoms with Gasteiger partial charge in [0.2, 0.25) is 11.8 Å². The van der Waals surface area contributed by atoms with Crippen LogP contribution >= 0.6 is 11.8 Å². The predicted octanol–water partition coefficient (Wildman–Crippen LogP) is 8.28. The number of carboxylic acid groups (broad SMARTS) is 1. The molecule has 0 fully saturated rings. The summed E-state index contributed by atoms with van der Waals surface area (Å²) in [7, 11) is 0. The van der Waals surface area contributed by atoms with E-state index < -0.39 is 46.1 Å². The molecule has 0 unspecified atom stereocenters. The molecule has 4 N–H and O–H groups in total. The van der Waals surface area contributed by atoms with Crippen LogP contribution < -0.4 is 16.0 Å². The van der Waals surface area contributed by atoms with E-state index in [1.807, 2.05) is 91.0 Å². The Kier molecular flexibility index (Phi) is 13.3. The van der Waals surface area contributed by atoms with Gasteiger partial charge in [-0.1, -0.05) is 121 Å². The molecule has 0 aliphatic rings. The third-order valence-electron chi connectivity index (χ3n) is 8.42. The summed E-state index contributed by atoms with van der Waals surface area (Å²) < 4.78 is 4.78. The molecule has 0 spiro atoms. The zero-order valence-electron chi connectivity index (χ0n) is 30.8. The lowest BCUT2D eigenvalue weighted by molar-refractivity contribution is -0.138. The lowest BCUT2D eigenvalue weighted by Gasteiger charge is -2.36. The van der Waals surface area contributed by atoms with Gasteiger partial charge in [0.05, 0.1) is 16.9 Å². The van der Waals surface area contributed by atoms with Crippen LogP contribution in [0.15, 0.2) is 140 Å². The minimum absolute atomic E-state index is 0.0787. The fourth-order valence-electron chi connectivity index (χ4n) is 5.94. The van der Waals surface area contributed by atoms with Gasteiger partial charge in [-0.3, -0.25) is 19.2 Å². The Hall–Kier alpha value is -6.20. The highest BCUT2D eigenvalue weighted by molar-refractivity contribution is 8.00. The van der Waals surface area contributed by atoms with Gasteiger partial charge in [-0.15, -0.1) is 11.8 Å². The van der Waals surface area contributed by atoms with Crippen LogP contribution in [0.4, 0.5) is 16.2 Å². The van der Waals surface area contributed by atoms with Crippen molar-refractivity contribution in [1.82, 2.24) is 5.32 Å². The number of thioether (sulfide) groups is 1. The molecule has 0 radical (unpaired) electrons. The molecule has 11 heteroatoms. The monoisotopic (exact) mass is 757 g/mol. The number of alkyl carbamates (subject to hydrolysis) is 1. The van der Waals surface area contributed by atoms with Crippen LogP contribution in [0.25, 0.3) is 0 Å². The SMILES string of the molecule is CC(C)(C)OC(=O)N[C@@H](CSC(c1ccccc1)(c1ccccc1)c1ccccc1)C(=O)Nc1ccc(NC(=O)CCC(=O)O)c(C(=O)c2ccccc2)c1. The summed E-state index contributed by atoms with van der Waals surface area (Å²) in [5.74, 6) is -2.62. The van der Waals surface area contributed by atoms with E-state index in [4.69, 9.17) is 9.84 Å². The van der Waals surface area contributed by atoms with E-state index in [0.29, 0.717) is 5.56 Å². The smallest absolute Gasteiger partial charge is 0.408 e. The molecule has 0 saturated carbocycles. The van der Waals surface area contributed by atoms with Gasteiger partial charge < -0.3 is 25.8 Å². The summed E-state index contributed by atoms with van der Waals surface area (Å²) in [5, 5.41) is 17.3. The minimum Gasteiger partial charge on any atom is -0.481 e. The number of ketones is 1. The summed E-state index contributed by atoms with van der Waals surface area (Å²) >= 11 is 1.48. The lowest BCUT2D eigenvalue weighted by atomic mass is 9.84. The summed E-state index contributed by atoms with van der Waals surface area (Å²) in [6.07, 6.45) is -1.46. The highest BCUT2D eigenvalue weighted by atomic mass is 32.2. The van der Waals surface area contributed by atoms with Gasteiger partial charge in [-0.2, -0.15) is 0 Å². The number of hydrogen-bond donors (Lipinski definition) is 4. The molecule has 5 aromatic rings. The largest absolute Gasteiger partial charge is 0.481 e. The van der Waals surface area contributed by atoms with Crippen LogP contribution in [0.1, 0.15) is 66.2 Å². The highest BCUT2D eigenvalue weighted by Crippen LogP contribution is 2.48. The molecule has 5 rings (SSSR count). The Morgan fingerprint density at radius 2 is 1.18 bits per heavy atom. The lowest BCUT2D eigenvalue weighted by Crippen LogP contribution is -2.48. The molecule has 282 valence electrons. The van der Waals surface area contributed by atoms with E-state index in [-0.39, 0.29) is 35.5 Å². The minimum atomic E-state index is -1.13. The van der Waals surface area contributed by atoms with Gasteiger partial charge >= 0.3 is 12.1 Å². The summed E-state index contributed by atoms with van der Waals surface area (Å²) in [5.41, 5.74) is 2.88. The van der Waals surface area contributed by atoms with Crippen molar-refractivity contribution in [2.45, 2.75) is 50.0 Å². The van der Waals surface area contributed by atoms with E-state index >= 15 is 0 Å². The standard InChI is InChI=1S/C44H43N3O7S/c1-43(2,3)54-42(53)47-37(29-55-44(31-18-10-5-11-19-31,32-20-12-6-13-21-32)33-22-14-7-15-23-33)41(52)45-34-24-25-36(46-38(48)26-27-39(49)50)35(28-34)40(51)30-16-8-4-9-17-30/h4-25,28,37H,26-27,29H2,1-3H3,(H,45,52)(H,46,48)(H,47,53)(H,49,50)/t37-/m0/s1. The molecule has 0 aliphatic heterocycles. The van der Waals surface area contributed by atoms with Crippen molar-refractivity contribution >= 4 is 52.8 Å². The first-order valence-corrected chi connectivity index (χ1v) is 18.7. The van der Waals surface area contributed by atoms with Crippen molar-refractivity contribution in [2.24, 2.45) is 0 Å². The van der Waals surface area contributed by atoms with Crippen LogP contribution in [0.3, 0.4) is 0 Å². The zero-order chi connectivity index (χ0) is 39.4. The maximum atomic E-state index is 14.3. The molecule has 0 heterocycles. The Balaban J connectivity index is 1.51. The second-order valence-corrected chi connectivity index (χ2v) is 14.9. The van der Waals surface area contributed by atoms with E-state index in [1.54, 1.807) is 51.1 Å². The van der Waals surface area contributed by atoms with Crippen molar-refractivity contribution in [3.8, 4) is 0 Å². The fraction of sp³-hybridized carbons (Fsp3) is 0.205. The maximum absolute atomic E-state index is 14.3. The molecule has 0 aliphatic carbocycles. The van der Waals surface area contributed by atoms with Crippen molar-refractivity contribution < 1.29 is 33.8 Å². The Labute approximate surface area is 324 Å². The fourth-order valence-corrected chi connectivity index (χ4v) is 7.50. The molecular weight excluding hydrogens is 715 g/mol. The zero-order valence-corrected chi connectivity index (χ0v) is 31.6. The van der Waals surface area contributed by atoms with Crippen LogP contribution in [0.5, 0.6) is 0 Å². The number of aliphatic carboxylic acids is 1. The van der Waals surface area contributed by atoms with Crippen LogP contribution in [-0.4, -0.2) is 52.2 Å². The normalized spacial score (nSPS) is 11.8. The van der Waals surface area contributed by atoms with Crippen LogP contribution in [0.2, 0.25) is 0 Å². The molecule has 55 heavy (non-hydrogen) atoms. The molecule has 0 bridgehead atoms. The number of carbonyl (C=O) groups is 5. The van der Waals surface area contributed by atoms with E-state index in [2.05, 4.69) is 16.0 Å². The van der Waals surface area contributed by atoms with Gasteiger partial charge in [0, 0.05) is 29.0 Å². The topological polar surface area (TPSA) is 151 Å². The number of nitrogens with one attached hydrogen (secondary N) is 3. The van der Waals surface area contributed by atoms with E-state index in [0.717, 1.165) is 16.7 Å². The third kappa shape index (κ3) is 10.7. The maximum Gasteiger partial charge on any atom is 0.408 e. The van der Waals surface area contributed by atoms with Gasteiger partial charge in [0.15, 0.2) is 5.78 Å². The number of benzene rings is 5. The third-order valence-corrected chi connectivity index (χ3v) is 10.1. The molecule has 1 atom stereocenters. The van der Waals surface area contributed by atoms with Gasteiger partial charge in [-0.05, 0) is 55.7 Å². The molecule has 5 aromatic carbocycles. The molecule has 0 saturated heterocycles. The Bertz CT molecular complexity index is 2010. The van der Waals surface area contributed by atoms with E-state index in [1.165, 1.54) is 30.0 Å². The quantitative estimate of drug-likeness (QED) is 0.0616. The highest BCUT2D eigenvalue weighted by Gasteiger charge is 2.39. The van der Waals surface area contributed by atoms with Crippen molar-refractivity contribution in [1.29, 1.82) is 0 Å². The number of rotatable bonds is 15. The van der Waals surface area contributed by atoms with Crippen molar-refractivity contribution in [3.63, 3.8) is 0 Å². The Morgan fingerprint density at radius 3 is 1.67 bits per heavy atom. The number of carbonyl (C=O) groups excluding carboxylic acids is 4. The van der Waals surface area contributed by atoms with Crippen molar-refractivity contribution in [2.75, 3.05) is 16.4 Å². The molecule has 3 amide bonds. The first-order chi connectivity index (χ1) is 26.4. The van der Waals surface area contributed by atoms with Crippen LogP contribution in [0, 0.1) is 0 Å². The summed E-state index contributed by atoms with van der Waals surface area (Å²) in [4.78, 5) is 65.0. The number of ether oxygens (including phenoxy) is 1. The molecular formula is C44H43N3O7S. The van der Waals surface area contributed by atoms with Crippen molar-refractivity contribution in [3.05, 3.63) is 167 Å². The average molecular weight is 758 g/mol. The number of amides is 3. The summed E-state index contributed by atoms with van der Waals surface area (Å²) in [6.45, 7) is 5.19. The van der Waals surface area contributed by atoms with Gasteiger partial charge in [-0.25, -0.2) is 4.79 Å². The number of anilines is 2. The first kappa shape index (κ1) is 40.0. The predicted molar refractivity (Wildman–Crippen MR) is 215 cm³/mol. The van der Waals surface area contributed by atoms with E-state index in [9.17, 15) is 24.0 Å². The number of hydrogen-bond acceptors (Lipinski definition) is 7. The average Bonchev–Trinajstić information content (AvgIpc) is 3.18. The van der Waals surface area contributed by atoms with Gasteiger partial charge in [0.1, 0.15) is 11.6 Å². The molecule has 0 aromatic heterocycles. The first-order valence-electron chi connectivity index (χ1n) is 17.7.